The summed E-state index contributed by atoms with van der Waals surface area (Å²) in [6, 6.07) is 8.15. The molecule has 0 aromatic heterocycles. The summed E-state index contributed by atoms with van der Waals surface area (Å²) in [6.45, 7) is 6.27. The van der Waals surface area contributed by atoms with E-state index in [9.17, 15) is 4.79 Å². The van der Waals surface area contributed by atoms with Gasteiger partial charge in [0, 0.05) is 11.7 Å². The van der Waals surface area contributed by atoms with E-state index < -0.39 is 0 Å². The molecule has 20 heavy (non-hydrogen) atoms. The van der Waals surface area contributed by atoms with Gasteiger partial charge in [0.2, 0.25) is 5.91 Å². The molecule has 1 fully saturated rings. The average molecular weight is 276 g/mol. The highest BCUT2D eigenvalue weighted by molar-refractivity contribution is 5.93. The molecule has 4 heteroatoms. The molecule has 4 nitrogen and oxygen atoms in total. The van der Waals surface area contributed by atoms with E-state index in [2.05, 4.69) is 24.5 Å². The first-order chi connectivity index (χ1) is 9.74. The number of carbonyl (C=O) groups is 1. The van der Waals surface area contributed by atoms with Crippen LogP contribution < -0.4 is 10.6 Å². The summed E-state index contributed by atoms with van der Waals surface area (Å²) in [5.74, 6) is -0.0623. The van der Waals surface area contributed by atoms with Crippen molar-refractivity contribution in [3.63, 3.8) is 0 Å². The van der Waals surface area contributed by atoms with Crippen LogP contribution in [0.1, 0.15) is 25.8 Å². The molecule has 0 aliphatic carbocycles. The van der Waals surface area contributed by atoms with Gasteiger partial charge >= 0.3 is 0 Å². The number of carbonyl (C=O) groups excluding carboxylic acids is 1. The zero-order valence-electron chi connectivity index (χ0n) is 12.3. The lowest BCUT2D eigenvalue weighted by atomic mass is 10.0. The van der Waals surface area contributed by atoms with E-state index in [0.29, 0.717) is 13.2 Å². The van der Waals surface area contributed by atoms with Gasteiger partial charge in [-0.15, -0.1) is 0 Å². The quantitative estimate of drug-likeness (QED) is 0.837. The molecule has 1 aliphatic heterocycles. The minimum absolute atomic E-state index is 0.0420. The van der Waals surface area contributed by atoms with Crippen LogP contribution in [0.5, 0.6) is 0 Å². The van der Waals surface area contributed by atoms with Crippen LogP contribution in [0.25, 0.3) is 0 Å². The molecule has 1 aromatic carbocycles. The summed E-state index contributed by atoms with van der Waals surface area (Å²) < 4.78 is 5.44. The van der Waals surface area contributed by atoms with Crippen LogP contribution in [0.3, 0.4) is 0 Å². The third kappa shape index (κ3) is 3.81. The lowest BCUT2D eigenvalue weighted by molar-refractivity contribution is -0.120. The van der Waals surface area contributed by atoms with Crippen LogP contribution in [-0.2, 0) is 16.0 Å². The highest BCUT2D eigenvalue weighted by Crippen LogP contribution is 2.17. The number of ether oxygens (including phenoxy) is 1. The first-order valence-corrected chi connectivity index (χ1v) is 7.45. The maximum atomic E-state index is 12.3. The topological polar surface area (TPSA) is 50.4 Å². The molecule has 0 bridgehead atoms. The second-order valence-corrected chi connectivity index (χ2v) is 5.24. The Morgan fingerprint density at radius 2 is 2.00 bits per heavy atom. The maximum absolute atomic E-state index is 12.3. The Kier molecular flexibility index (Phi) is 5.56. The van der Waals surface area contributed by atoms with E-state index in [4.69, 9.17) is 4.74 Å². The van der Waals surface area contributed by atoms with E-state index in [1.807, 2.05) is 24.3 Å². The Bertz CT molecular complexity index is 431. The molecule has 2 unspecified atom stereocenters. The third-order valence-corrected chi connectivity index (χ3v) is 3.70. The molecule has 0 saturated carbocycles. The summed E-state index contributed by atoms with van der Waals surface area (Å²) in [5, 5.41) is 6.36. The Balaban J connectivity index is 1.92. The minimum Gasteiger partial charge on any atom is -0.379 e. The number of aryl methyl sites for hydroxylation is 1. The number of benzene rings is 1. The van der Waals surface area contributed by atoms with Crippen molar-refractivity contribution in [1.29, 1.82) is 0 Å². The second kappa shape index (κ2) is 7.41. The molecular formula is C16H24N2O2. The van der Waals surface area contributed by atoms with Crippen LogP contribution in [0.15, 0.2) is 24.3 Å². The van der Waals surface area contributed by atoms with Gasteiger partial charge in [-0.25, -0.2) is 0 Å². The van der Waals surface area contributed by atoms with Crippen molar-refractivity contribution in [3.05, 3.63) is 29.8 Å². The largest absolute Gasteiger partial charge is 0.379 e. The highest BCUT2D eigenvalue weighted by Gasteiger charge is 2.33. The van der Waals surface area contributed by atoms with E-state index in [0.717, 1.165) is 25.1 Å². The van der Waals surface area contributed by atoms with Gasteiger partial charge in [-0.2, -0.15) is 0 Å². The third-order valence-electron chi connectivity index (χ3n) is 3.70. The number of amides is 1. The summed E-state index contributed by atoms with van der Waals surface area (Å²) in [7, 11) is 0. The highest BCUT2D eigenvalue weighted by atomic mass is 16.5. The van der Waals surface area contributed by atoms with Crippen molar-refractivity contribution >= 4 is 11.6 Å². The Morgan fingerprint density at radius 3 is 2.65 bits per heavy atom. The number of hydrogen-bond donors (Lipinski definition) is 2. The van der Waals surface area contributed by atoms with E-state index >= 15 is 0 Å². The zero-order chi connectivity index (χ0) is 14.4. The van der Waals surface area contributed by atoms with Gasteiger partial charge < -0.3 is 15.4 Å². The molecule has 1 amide bonds. The molecule has 2 atom stereocenters. The summed E-state index contributed by atoms with van der Waals surface area (Å²) in [5.41, 5.74) is 2.13. The summed E-state index contributed by atoms with van der Waals surface area (Å²) in [6.07, 6.45) is 2.07. The molecule has 1 aromatic rings. The molecule has 1 heterocycles. The SMILES string of the molecule is CCCNC1COCC1C(=O)Nc1ccc(CC)cc1. The lowest BCUT2D eigenvalue weighted by Gasteiger charge is -2.18. The number of nitrogens with one attached hydrogen (secondary N) is 2. The van der Waals surface area contributed by atoms with Crippen molar-refractivity contribution in [2.24, 2.45) is 5.92 Å². The Labute approximate surface area is 120 Å². The molecule has 0 spiro atoms. The van der Waals surface area contributed by atoms with Crippen molar-refractivity contribution < 1.29 is 9.53 Å². The molecule has 110 valence electrons. The van der Waals surface area contributed by atoms with Crippen LogP contribution in [0.2, 0.25) is 0 Å². The van der Waals surface area contributed by atoms with E-state index in [1.54, 1.807) is 0 Å². The van der Waals surface area contributed by atoms with Gasteiger partial charge in [0.15, 0.2) is 0 Å². The molecule has 2 rings (SSSR count). The summed E-state index contributed by atoms with van der Waals surface area (Å²) >= 11 is 0. The second-order valence-electron chi connectivity index (χ2n) is 5.24. The zero-order valence-corrected chi connectivity index (χ0v) is 12.3. The molecule has 1 aliphatic rings. The van der Waals surface area contributed by atoms with Gasteiger partial charge in [-0.05, 0) is 37.1 Å². The number of rotatable bonds is 6. The normalized spacial score (nSPS) is 21.9. The van der Waals surface area contributed by atoms with Crippen molar-refractivity contribution in [2.75, 3.05) is 25.1 Å². The fourth-order valence-electron chi connectivity index (χ4n) is 2.40. The fraction of sp³-hybridized carbons (Fsp3) is 0.562. The predicted octanol–water partition coefficient (Wildman–Crippen LogP) is 2.20. The lowest BCUT2D eigenvalue weighted by Crippen LogP contribution is -2.41. The van der Waals surface area contributed by atoms with Gasteiger partial charge in [-0.1, -0.05) is 26.0 Å². The van der Waals surface area contributed by atoms with Gasteiger partial charge in [0.1, 0.15) is 0 Å². The monoisotopic (exact) mass is 276 g/mol. The maximum Gasteiger partial charge on any atom is 0.231 e. The van der Waals surface area contributed by atoms with Crippen LogP contribution in [0, 0.1) is 5.92 Å². The molecule has 1 saturated heterocycles. The molecule has 0 radical (unpaired) electrons. The van der Waals surface area contributed by atoms with Gasteiger partial charge in [0.25, 0.3) is 0 Å². The summed E-state index contributed by atoms with van der Waals surface area (Å²) in [4.78, 5) is 12.3. The number of anilines is 1. The van der Waals surface area contributed by atoms with Crippen molar-refractivity contribution in [1.82, 2.24) is 5.32 Å². The molecule has 2 N–H and O–H groups in total. The standard InChI is InChI=1S/C16H24N2O2/c1-3-9-17-15-11-20-10-14(15)16(19)18-13-7-5-12(4-2)6-8-13/h5-8,14-15,17H,3-4,9-11H2,1-2H3,(H,18,19). The van der Waals surface area contributed by atoms with Crippen molar-refractivity contribution in [3.8, 4) is 0 Å². The van der Waals surface area contributed by atoms with E-state index in [-0.39, 0.29) is 17.9 Å². The van der Waals surface area contributed by atoms with Gasteiger partial charge in [-0.3, -0.25) is 4.79 Å². The first kappa shape index (κ1) is 15.0. The Hall–Kier alpha value is -1.39. The minimum atomic E-state index is -0.104. The predicted molar refractivity (Wildman–Crippen MR) is 80.8 cm³/mol. The average Bonchev–Trinajstić information content (AvgIpc) is 2.94. The van der Waals surface area contributed by atoms with Crippen LogP contribution >= 0.6 is 0 Å². The smallest absolute Gasteiger partial charge is 0.231 e. The van der Waals surface area contributed by atoms with Crippen molar-refractivity contribution in [2.45, 2.75) is 32.7 Å². The van der Waals surface area contributed by atoms with Crippen LogP contribution in [0.4, 0.5) is 5.69 Å². The fourth-order valence-corrected chi connectivity index (χ4v) is 2.40. The van der Waals surface area contributed by atoms with Gasteiger partial charge in [0.05, 0.1) is 19.1 Å². The molecular weight excluding hydrogens is 252 g/mol. The van der Waals surface area contributed by atoms with E-state index in [1.165, 1.54) is 5.56 Å². The van der Waals surface area contributed by atoms with Crippen LogP contribution in [-0.4, -0.2) is 31.7 Å². The Morgan fingerprint density at radius 1 is 1.25 bits per heavy atom. The first-order valence-electron chi connectivity index (χ1n) is 7.45. The number of hydrogen-bond acceptors (Lipinski definition) is 3.